The van der Waals surface area contributed by atoms with Gasteiger partial charge >= 0.3 is 5.97 Å². The minimum Gasteiger partial charge on any atom is -0.425 e. The van der Waals surface area contributed by atoms with E-state index in [0.717, 1.165) is 6.26 Å². The molecule has 0 aliphatic carbocycles. The van der Waals surface area contributed by atoms with Crippen LogP contribution in [0.15, 0.2) is 41.8 Å². The van der Waals surface area contributed by atoms with Gasteiger partial charge in [0.1, 0.15) is 5.75 Å². The number of hydrogen-bond donors (Lipinski definition) is 0. The number of hydrogen-bond acceptors (Lipinski definition) is 5. The second-order valence-electron chi connectivity index (χ2n) is 4.26. The van der Waals surface area contributed by atoms with Crippen LogP contribution in [0, 0.1) is 0 Å². The van der Waals surface area contributed by atoms with E-state index in [2.05, 4.69) is 6.58 Å². The second kappa shape index (κ2) is 7.21. The van der Waals surface area contributed by atoms with Gasteiger partial charge < -0.3 is 9.47 Å². The van der Waals surface area contributed by atoms with Crippen LogP contribution in [0.1, 0.15) is 13.3 Å². The Kier molecular flexibility index (Phi) is 5.91. The fourth-order valence-electron chi connectivity index (χ4n) is 1.35. The normalized spacial score (nSPS) is 12.7. The van der Waals surface area contributed by atoms with Crippen molar-refractivity contribution < 1.29 is 22.7 Å². The quantitative estimate of drug-likeness (QED) is 0.333. The first-order valence-corrected chi connectivity index (χ1v) is 7.98. The molecule has 0 saturated carbocycles. The van der Waals surface area contributed by atoms with Crippen LogP contribution >= 0.6 is 0 Å². The lowest BCUT2D eigenvalue weighted by Gasteiger charge is -2.12. The maximum absolute atomic E-state index is 11.7. The Labute approximate surface area is 119 Å². The molecule has 1 rings (SSSR count). The average molecular weight is 298 g/mol. The van der Waals surface area contributed by atoms with E-state index in [1.807, 2.05) is 0 Å². The number of carbonyl (C=O) groups is 1. The van der Waals surface area contributed by atoms with Crippen molar-refractivity contribution in [2.45, 2.75) is 24.3 Å². The minimum atomic E-state index is -3.25. The highest BCUT2D eigenvalue weighted by Crippen LogP contribution is 2.16. The third-order valence-corrected chi connectivity index (χ3v) is 3.62. The summed E-state index contributed by atoms with van der Waals surface area (Å²) in [5.74, 6) is -0.247. The van der Waals surface area contributed by atoms with Crippen molar-refractivity contribution in [3.05, 3.63) is 36.9 Å². The van der Waals surface area contributed by atoms with Crippen molar-refractivity contribution in [2.75, 3.05) is 12.9 Å². The van der Waals surface area contributed by atoms with Crippen LogP contribution in [-0.4, -0.2) is 33.4 Å². The Morgan fingerprint density at radius 3 is 2.45 bits per heavy atom. The third kappa shape index (κ3) is 5.14. The van der Waals surface area contributed by atoms with Gasteiger partial charge in [0.2, 0.25) is 0 Å². The summed E-state index contributed by atoms with van der Waals surface area (Å²) >= 11 is 0. The van der Waals surface area contributed by atoms with E-state index in [-0.39, 0.29) is 10.6 Å². The van der Waals surface area contributed by atoms with Gasteiger partial charge in [-0.2, -0.15) is 0 Å². The van der Waals surface area contributed by atoms with Gasteiger partial charge in [0.25, 0.3) is 0 Å². The molecule has 0 aliphatic heterocycles. The molecule has 0 spiro atoms. The molecular weight excluding hydrogens is 280 g/mol. The Morgan fingerprint density at radius 1 is 1.35 bits per heavy atom. The molecule has 20 heavy (non-hydrogen) atoms. The van der Waals surface area contributed by atoms with Gasteiger partial charge in [-0.15, -0.1) is 6.58 Å². The lowest BCUT2D eigenvalue weighted by Crippen LogP contribution is -2.26. The Balaban J connectivity index is 2.60. The van der Waals surface area contributed by atoms with Crippen molar-refractivity contribution in [2.24, 2.45) is 0 Å². The Bertz CT molecular complexity index is 560. The summed E-state index contributed by atoms with van der Waals surface area (Å²) in [5.41, 5.74) is 0. The van der Waals surface area contributed by atoms with E-state index in [1.165, 1.54) is 24.3 Å². The van der Waals surface area contributed by atoms with E-state index in [9.17, 15) is 13.2 Å². The molecule has 0 saturated heterocycles. The number of rotatable bonds is 7. The summed E-state index contributed by atoms with van der Waals surface area (Å²) in [5, 5.41) is 0. The maximum atomic E-state index is 11.7. The Morgan fingerprint density at radius 2 is 1.95 bits per heavy atom. The van der Waals surface area contributed by atoms with Gasteiger partial charge in [-0.3, -0.25) is 0 Å². The number of benzene rings is 1. The molecule has 110 valence electrons. The van der Waals surface area contributed by atoms with Crippen molar-refractivity contribution in [3.63, 3.8) is 0 Å². The molecule has 0 fully saturated rings. The predicted octanol–water partition coefficient (Wildman–Crippen LogP) is 1.98. The van der Waals surface area contributed by atoms with Crippen molar-refractivity contribution in [1.82, 2.24) is 0 Å². The molecule has 0 bridgehead atoms. The molecule has 1 unspecified atom stereocenters. The van der Waals surface area contributed by atoms with Gasteiger partial charge in [0.05, 0.1) is 11.5 Å². The van der Waals surface area contributed by atoms with Gasteiger partial charge in [0.15, 0.2) is 15.9 Å². The lowest BCUT2D eigenvalue weighted by atomic mass is 10.3. The summed E-state index contributed by atoms with van der Waals surface area (Å²) < 4.78 is 32.9. The molecule has 0 aliphatic rings. The van der Waals surface area contributed by atoms with Crippen molar-refractivity contribution >= 4 is 15.8 Å². The van der Waals surface area contributed by atoms with Crippen LogP contribution < -0.4 is 4.74 Å². The summed E-state index contributed by atoms with van der Waals surface area (Å²) in [6.45, 7) is 5.54. The molecular formula is C14H18O5S. The smallest absolute Gasteiger partial charge is 0.340 e. The van der Waals surface area contributed by atoms with Gasteiger partial charge in [-0.05, 0) is 37.6 Å². The number of esters is 1. The first-order valence-electron chi connectivity index (χ1n) is 6.09. The summed E-state index contributed by atoms with van der Waals surface area (Å²) in [4.78, 5) is 11.9. The van der Waals surface area contributed by atoms with Crippen LogP contribution in [-0.2, 0) is 19.4 Å². The molecule has 0 heterocycles. The number of sulfone groups is 1. The first kappa shape index (κ1) is 16.4. The van der Waals surface area contributed by atoms with Crippen LogP contribution in [0.2, 0.25) is 0 Å². The molecule has 1 aromatic carbocycles. The zero-order chi connectivity index (χ0) is 15.2. The van der Waals surface area contributed by atoms with E-state index in [4.69, 9.17) is 9.47 Å². The number of ether oxygens (including phenoxy) is 2. The van der Waals surface area contributed by atoms with Crippen LogP contribution in [0.3, 0.4) is 0 Å². The van der Waals surface area contributed by atoms with E-state index < -0.39 is 21.9 Å². The van der Waals surface area contributed by atoms with Crippen LogP contribution in [0.5, 0.6) is 5.75 Å². The monoisotopic (exact) mass is 298 g/mol. The molecule has 1 aromatic rings. The molecule has 0 aromatic heterocycles. The van der Waals surface area contributed by atoms with Gasteiger partial charge in [-0.25, -0.2) is 13.2 Å². The highest BCUT2D eigenvalue weighted by molar-refractivity contribution is 7.90. The fourth-order valence-corrected chi connectivity index (χ4v) is 1.98. The summed E-state index contributed by atoms with van der Waals surface area (Å²) in [6, 6.07) is 5.65. The van der Waals surface area contributed by atoms with Crippen molar-refractivity contribution in [3.8, 4) is 5.75 Å². The average Bonchev–Trinajstić information content (AvgIpc) is 2.38. The van der Waals surface area contributed by atoms with Gasteiger partial charge in [-0.1, -0.05) is 6.08 Å². The fraction of sp³-hybridized carbons (Fsp3) is 0.357. The zero-order valence-electron chi connectivity index (χ0n) is 11.5. The highest BCUT2D eigenvalue weighted by Gasteiger charge is 2.16. The molecule has 5 nitrogen and oxygen atoms in total. The lowest BCUT2D eigenvalue weighted by molar-refractivity contribution is -0.146. The minimum absolute atomic E-state index is 0.174. The van der Waals surface area contributed by atoms with E-state index >= 15 is 0 Å². The molecule has 0 radical (unpaired) electrons. The molecule has 0 N–H and O–H groups in total. The molecule has 1 atom stereocenters. The summed E-state index contributed by atoms with van der Waals surface area (Å²) in [6.07, 6.45) is 2.77. The third-order valence-electron chi connectivity index (χ3n) is 2.49. The van der Waals surface area contributed by atoms with Crippen LogP contribution in [0.25, 0.3) is 0 Å². The topological polar surface area (TPSA) is 69.7 Å². The zero-order valence-corrected chi connectivity index (χ0v) is 12.4. The second-order valence-corrected chi connectivity index (χ2v) is 6.27. The van der Waals surface area contributed by atoms with E-state index in [1.54, 1.807) is 13.0 Å². The van der Waals surface area contributed by atoms with Crippen LogP contribution in [0.4, 0.5) is 0 Å². The molecule has 0 amide bonds. The Hall–Kier alpha value is -1.66. The number of carbonyl (C=O) groups excluding carboxylic acids is 1. The first-order chi connectivity index (χ1) is 9.34. The molecule has 6 heteroatoms. The summed E-state index contributed by atoms with van der Waals surface area (Å²) in [7, 11) is -3.25. The SMILES string of the molecule is C=CCCOC(C)C(=O)Oc1ccc(S(C)(=O)=O)cc1. The largest absolute Gasteiger partial charge is 0.425 e. The van der Waals surface area contributed by atoms with Crippen molar-refractivity contribution in [1.29, 1.82) is 0 Å². The van der Waals surface area contributed by atoms with E-state index in [0.29, 0.717) is 13.0 Å². The predicted molar refractivity (Wildman–Crippen MR) is 75.4 cm³/mol. The highest BCUT2D eigenvalue weighted by atomic mass is 32.2. The standard InChI is InChI=1S/C14H18O5S/c1-4-5-10-18-11(2)14(15)19-12-6-8-13(9-7-12)20(3,16)17/h4,6-9,11H,1,5,10H2,2-3H3. The van der Waals surface area contributed by atoms with Gasteiger partial charge in [0, 0.05) is 6.26 Å². The maximum Gasteiger partial charge on any atom is 0.340 e.